The van der Waals surface area contributed by atoms with Crippen LogP contribution in [0, 0.1) is 6.92 Å². The van der Waals surface area contributed by atoms with Crippen molar-refractivity contribution >= 4 is 11.8 Å². The van der Waals surface area contributed by atoms with Gasteiger partial charge in [0.25, 0.3) is 0 Å². The van der Waals surface area contributed by atoms with E-state index in [0.717, 1.165) is 24.0 Å². The molecule has 0 aliphatic carbocycles. The summed E-state index contributed by atoms with van der Waals surface area (Å²) < 4.78 is 0. The maximum atomic E-state index is 12.3. The molecule has 0 spiro atoms. The van der Waals surface area contributed by atoms with Crippen LogP contribution in [-0.4, -0.2) is 35.5 Å². The quantitative estimate of drug-likeness (QED) is 0.496. The summed E-state index contributed by atoms with van der Waals surface area (Å²) in [4.78, 5) is 24.5. The Hall–Kier alpha value is -2.86. The van der Waals surface area contributed by atoms with Gasteiger partial charge >= 0.3 is 0 Å². The van der Waals surface area contributed by atoms with Crippen LogP contribution in [0.3, 0.4) is 0 Å². The van der Waals surface area contributed by atoms with E-state index in [1.165, 1.54) is 5.56 Å². The molecule has 0 bridgehead atoms. The van der Waals surface area contributed by atoms with Crippen LogP contribution in [0.2, 0.25) is 0 Å². The highest BCUT2D eigenvalue weighted by atomic mass is 16.3. The molecule has 0 saturated carbocycles. The van der Waals surface area contributed by atoms with Crippen molar-refractivity contribution in [2.45, 2.75) is 45.2 Å². The number of carbonyl (C=O) groups excluding carboxylic acids is 2. The van der Waals surface area contributed by atoms with Crippen LogP contribution in [0.15, 0.2) is 48.5 Å². The highest BCUT2D eigenvalue weighted by Crippen LogP contribution is 2.16. The molecule has 150 valence electrons. The van der Waals surface area contributed by atoms with Gasteiger partial charge in [-0.25, -0.2) is 0 Å². The molecule has 2 atom stereocenters. The third kappa shape index (κ3) is 6.70. The topological polar surface area (TPSA) is 104 Å². The summed E-state index contributed by atoms with van der Waals surface area (Å²) in [5.41, 5.74) is 8.97. The molecule has 2 aromatic carbocycles. The van der Waals surface area contributed by atoms with Crippen molar-refractivity contribution in [3.63, 3.8) is 0 Å². The zero-order valence-corrected chi connectivity index (χ0v) is 16.4. The van der Waals surface area contributed by atoms with Crippen LogP contribution in [0.5, 0.6) is 5.75 Å². The first-order valence-corrected chi connectivity index (χ1v) is 9.53. The largest absolute Gasteiger partial charge is 0.508 e. The maximum Gasteiger partial charge on any atom is 0.242 e. The summed E-state index contributed by atoms with van der Waals surface area (Å²) >= 11 is 0. The van der Waals surface area contributed by atoms with Crippen molar-refractivity contribution in [3.8, 4) is 5.75 Å². The molecule has 6 nitrogen and oxygen atoms in total. The van der Waals surface area contributed by atoms with E-state index in [1.807, 2.05) is 25.1 Å². The molecule has 5 N–H and O–H groups in total. The van der Waals surface area contributed by atoms with Crippen molar-refractivity contribution in [1.82, 2.24) is 10.6 Å². The molecule has 0 heterocycles. The van der Waals surface area contributed by atoms with Gasteiger partial charge in [-0.15, -0.1) is 0 Å². The number of aryl methyl sites for hydroxylation is 2. The summed E-state index contributed by atoms with van der Waals surface area (Å²) in [6.07, 6.45) is 2.05. The summed E-state index contributed by atoms with van der Waals surface area (Å²) in [7, 11) is 0. The van der Waals surface area contributed by atoms with Gasteiger partial charge in [-0.1, -0.05) is 36.4 Å². The zero-order valence-electron chi connectivity index (χ0n) is 16.4. The van der Waals surface area contributed by atoms with Crippen LogP contribution < -0.4 is 16.4 Å². The van der Waals surface area contributed by atoms with Gasteiger partial charge in [-0.3, -0.25) is 9.59 Å². The molecule has 6 heteroatoms. The molecule has 0 unspecified atom stereocenters. The van der Waals surface area contributed by atoms with Crippen molar-refractivity contribution in [2.24, 2.45) is 5.73 Å². The number of benzene rings is 2. The first kappa shape index (κ1) is 21.4. The van der Waals surface area contributed by atoms with Crippen LogP contribution in [0.1, 0.15) is 30.0 Å². The molecular weight excluding hydrogens is 354 g/mol. The zero-order chi connectivity index (χ0) is 20.5. The fourth-order valence-corrected chi connectivity index (χ4v) is 2.93. The first-order valence-electron chi connectivity index (χ1n) is 9.53. The number of phenols is 1. The highest BCUT2D eigenvalue weighted by Gasteiger charge is 2.20. The Morgan fingerprint density at radius 1 is 1.11 bits per heavy atom. The summed E-state index contributed by atoms with van der Waals surface area (Å²) in [5, 5.41) is 15.0. The fraction of sp³-hybridized carbons (Fsp3) is 0.364. The average Bonchev–Trinajstić information content (AvgIpc) is 2.67. The SMILES string of the molecule is Cc1cc(O)ccc1C[C@H](N)C(=O)N[C@H](C)C(=O)NCCCc1ccccc1. The Labute approximate surface area is 166 Å². The van der Waals surface area contributed by atoms with Gasteiger partial charge in [-0.05, 0) is 61.9 Å². The van der Waals surface area contributed by atoms with Gasteiger partial charge in [0, 0.05) is 6.54 Å². The van der Waals surface area contributed by atoms with Gasteiger partial charge in [0.15, 0.2) is 0 Å². The van der Waals surface area contributed by atoms with E-state index in [4.69, 9.17) is 5.73 Å². The second-order valence-corrected chi connectivity index (χ2v) is 7.03. The van der Waals surface area contributed by atoms with Crippen LogP contribution in [-0.2, 0) is 22.4 Å². The normalized spacial score (nSPS) is 12.8. The van der Waals surface area contributed by atoms with E-state index in [-0.39, 0.29) is 17.6 Å². The molecular formula is C22H29N3O3. The van der Waals surface area contributed by atoms with E-state index in [9.17, 15) is 14.7 Å². The van der Waals surface area contributed by atoms with E-state index >= 15 is 0 Å². The Kier molecular flexibility index (Phi) is 8.02. The Bertz CT molecular complexity index is 793. The van der Waals surface area contributed by atoms with E-state index in [0.29, 0.717) is 13.0 Å². The number of nitrogens with one attached hydrogen (secondary N) is 2. The highest BCUT2D eigenvalue weighted by molar-refractivity contribution is 5.89. The number of rotatable bonds is 9. The lowest BCUT2D eigenvalue weighted by Gasteiger charge is -2.18. The third-order valence-electron chi connectivity index (χ3n) is 4.64. The van der Waals surface area contributed by atoms with E-state index in [2.05, 4.69) is 22.8 Å². The molecule has 2 amide bonds. The van der Waals surface area contributed by atoms with Crippen molar-refractivity contribution in [3.05, 3.63) is 65.2 Å². The van der Waals surface area contributed by atoms with Gasteiger partial charge < -0.3 is 21.5 Å². The lowest BCUT2D eigenvalue weighted by molar-refractivity contribution is -0.129. The number of hydrogen-bond donors (Lipinski definition) is 4. The second-order valence-electron chi connectivity index (χ2n) is 7.03. The number of nitrogens with two attached hydrogens (primary N) is 1. The molecule has 0 aromatic heterocycles. The number of phenolic OH excluding ortho intramolecular Hbond substituents is 1. The number of amides is 2. The van der Waals surface area contributed by atoms with Crippen molar-refractivity contribution < 1.29 is 14.7 Å². The Morgan fingerprint density at radius 2 is 1.82 bits per heavy atom. The second kappa shape index (κ2) is 10.5. The Morgan fingerprint density at radius 3 is 2.50 bits per heavy atom. The van der Waals surface area contributed by atoms with E-state index in [1.54, 1.807) is 25.1 Å². The van der Waals surface area contributed by atoms with Crippen LogP contribution in [0.25, 0.3) is 0 Å². The van der Waals surface area contributed by atoms with Gasteiger partial charge in [0.1, 0.15) is 11.8 Å². The minimum absolute atomic E-state index is 0.178. The van der Waals surface area contributed by atoms with Crippen LogP contribution >= 0.6 is 0 Å². The molecule has 0 aliphatic heterocycles. The predicted octanol–water partition coefficient (Wildman–Crippen LogP) is 1.82. The number of aromatic hydroxyl groups is 1. The minimum Gasteiger partial charge on any atom is -0.508 e. The molecule has 2 aromatic rings. The summed E-state index contributed by atoms with van der Waals surface area (Å²) in [6.45, 7) is 4.04. The van der Waals surface area contributed by atoms with Gasteiger partial charge in [-0.2, -0.15) is 0 Å². The van der Waals surface area contributed by atoms with E-state index < -0.39 is 12.1 Å². The van der Waals surface area contributed by atoms with Crippen molar-refractivity contribution in [1.29, 1.82) is 0 Å². The third-order valence-corrected chi connectivity index (χ3v) is 4.64. The average molecular weight is 383 g/mol. The van der Waals surface area contributed by atoms with Crippen LogP contribution in [0.4, 0.5) is 0 Å². The first-order chi connectivity index (χ1) is 13.4. The Balaban J connectivity index is 1.73. The van der Waals surface area contributed by atoms with Crippen molar-refractivity contribution in [2.75, 3.05) is 6.54 Å². The summed E-state index contributed by atoms with van der Waals surface area (Å²) in [5.74, 6) is -0.425. The minimum atomic E-state index is -0.767. The smallest absolute Gasteiger partial charge is 0.242 e. The lowest BCUT2D eigenvalue weighted by Crippen LogP contribution is -2.51. The predicted molar refractivity (Wildman–Crippen MR) is 110 cm³/mol. The molecule has 2 rings (SSSR count). The molecule has 0 saturated heterocycles. The molecule has 0 fully saturated rings. The molecule has 0 radical (unpaired) electrons. The maximum absolute atomic E-state index is 12.3. The summed E-state index contributed by atoms with van der Waals surface area (Å²) in [6, 6.07) is 13.6. The number of hydrogen-bond acceptors (Lipinski definition) is 4. The lowest BCUT2D eigenvalue weighted by atomic mass is 10.0. The standard InChI is InChI=1S/C22H29N3O3/c1-15-13-19(26)11-10-18(15)14-20(23)22(28)25-16(2)21(27)24-12-6-9-17-7-4-3-5-8-17/h3-5,7-8,10-11,13,16,20,26H,6,9,12,14,23H2,1-2H3,(H,24,27)(H,25,28)/t16-,20+/m1/s1. The number of carbonyl (C=O) groups is 2. The fourth-order valence-electron chi connectivity index (χ4n) is 2.93. The molecule has 28 heavy (non-hydrogen) atoms. The van der Waals surface area contributed by atoms with Gasteiger partial charge in [0.05, 0.1) is 6.04 Å². The monoisotopic (exact) mass is 383 g/mol. The molecule has 0 aliphatic rings. The van der Waals surface area contributed by atoms with Gasteiger partial charge in [0.2, 0.25) is 11.8 Å².